The zero-order valence-electron chi connectivity index (χ0n) is 12.4. The van der Waals surface area contributed by atoms with E-state index in [4.69, 9.17) is 5.11 Å². The summed E-state index contributed by atoms with van der Waals surface area (Å²) >= 11 is 0. The number of anilines is 2. The highest BCUT2D eigenvalue weighted by atomic mass is 19.4. The molecule has 5 nitrogen and oxygen atoms in total. The molecule has 0 atom stereocenters. The van der Waals surface area contributed by atoms with Crippen LogP contribution in [0.15, 0.2) is 48.5 Å². The van der Waals surface area contributed by atoms with E-state index in [0.717, 1.165) is 17.7 Å². The molecular weight excluding hydrogens is 325 g/mol. The Balaban J connectivity index is 2.04. The number of rotatable bonds is 5. The third-order valence-corrected chi connectivity index (χ3v) is 2.97. The first-order valence-electron chi connectivity index (χ1n) is 7.00. The summed E-state index contributed by atoms with van der Waals surface area (Å²) < 4.78 is 40.4. The molecule has 128 valence electrons. The Morgan fingerprint density at radius 2 is 1.83 bits per heavy atom. The van der Waals surface area contributed by atoms with E-state index in [1.807, 2.05) is 0 Å². The van der Waals surface area contributed by atoms with Gasteiger partial charge in [-0.1, -0.05) is 24.3 Å². The van der Waals surface area contributed by atoms with Crippen molar-refractivity contribution >= 4 is 17.4 Å². The third kappa shape index (κ3) is 5.47. The van der Waals surface area contributed by atoms with Gasteiger partial charge in [-0.15, -0.1) is 13.2 Å². The van der Waals surface area contributed by atoms with Gasteiger partial charge < -0.3 is 20.5 Å². The highest BCUT2D eigenvalue weighted by Crippen LogP contribution is 2.25. The number of alkyl halides is 3. The minimum Gasteiger partial charge on any atom is -0.406 e. The molecule has 0 aliphatic carbocycles. The van der Waals surface area contributed by atoms with E-state index < -0.39 is 18.1 Å². The second-order valence-corrected chi connectivity index (χ2v) is 4.79. The predicted octanol–water partition coefficient (Wildman–Crippen LogP) is 3.76. The van der Waals surface area contributed by atoms with Gasteiger partial charge in [0.2, 0.25) is 0 Å². The highest BCUT2D eigenvalue weighted by molar-refractivity contribution is 6.00. The van der Waals surface area contributed by atoms with Crippen LogP contribution in [-0.4, -0.2) is 24.1 Å². The molecule has 0 heterocycles. The van der Waals surface area contributed by atoms with Crippen LogP contribution < -0.4 is 15.4 Å². The van der Waals surface area contributed by atoms with Gasteiger partial charge in [-0.25, -0.2) is 4.79 Å². The summed E-state index contributed by atoms with van der Waals surface area (Å²) in [5, 5.41) is 14.0. The molecule has 0 saturated heterocycles. The van der Waals surface area contributed by atoms with Crippen LogP contribution in [-0.2, 0) is 6.42 Å². The molecule has 0 fully saturated rings. The first-order valence-corrected chi connectivity index (χ1v) is 7.00. The molecule has 2 aromatic rings. The van der Waals surface area contributed by atoms with Crippen LogP contribution in [0.25, 0.3) is 0 Å². The van der Waals surface area contributed by atoms with Crippen LogP contribution in [0.4, 0.5) is 29.3 Å². The van der Waals surface area contributed by atoms with Crippen LogP contribution in [0, 0.1) is 0 Å². The number of hydrogen-bond acceptors (Lipinski definition) is 3. The summed E-state index contributed by atoms with van der Waals surface area (Å²) in [6.45, 7) is -0.0723. The maximum absolute atomic E-state index is 12.2. The lowest BCUT2D eigenvalue weighted by atomic mass is 10.1. The van der Waals surface area contributed by atoms with Gasteiger partial charge in [0.15, 0.2) is 0 Å². The summed E-state index contributed by atoms with van der Waals surface area (Å²) in [6, 6.07) is 11.2. The van der Waals surface area contributed by atoms with Crippen LogP contribution >= 0.6 is 0 Å². The summed E-state index contributed by atoms with van der Waals surface area (Å²) in [7, 11) is 0. The second-order valence-electron chi connectivity index (χ2n) is 4.79. The van der Waals surface area contributed by atoms with Gasteiger partial charge >= 0.3 is 12.4 Å². The molecule has 3 N–H and O–H groups in total. The van der Waals surface area contributed by atoms with Crippen molar-refractivity contribution in [3.05, 3.63) is 54.1 Å². The van der Waals surface area contributed by atoms with Gasteiger partial charge in [-0.2, -0.15) is 0 Å². The molecule has 0 aliphatic heterocycles. The number of carbonyl (C=O) groups excluding carboxylic acids is 1. The van der Waals surface area contributed by atoms with E-state index in [9.17, 15) is 18.0 Å². The summed E-state index contributed by atoms with van der Waals surface area (Å²) in [5.41, 5.74) is 1.39. The zero-order chi connectivity index (χ0) is 17.6. The zero-order valence-corrected chi connectivity index (χ0v) is 12.4. The number of aliphatic hydroxyl groups is 1. The number of para-hydroxylation sites is 1. The summed E-state index contributed by atoms with van der Waals surface area (Å²) in [5.74, 6) is -0.430. The Kier molecular flexibility index (Phi) is 5.64. The first kappa shape index (κ1) is 17.6. The molecular formula is C16H15F3N2O3. The minimum absolute atomic E-state index is 0.0723. The smallest absolute Gasteiger partial charge is 0.406 e. The monoisotopic (exact) mass is 340 g/mol. The normalized spacial score (nSPS) is 11.0. The van der Waals surface area contributed by atoms with Crippen molar-refractivity contribution in [2.75, 3.05) is 17.2 Å². The number of benzene rings is 2. The fraction of sp³-hybridized carbons (Fsp3) is 0.188. The van der Waals surface area contributed by atoms with E-state index >= 15 is 0 Å². The Morgan fingerprint density at radius 3 is 2.54 bits per heavy atom. The summed E-state index contributed by atoms with van der Waals surface area (Å²) in [6.07, 6.45) is -4.44. The molecule has 8 heteroatoms. The standard InChI is InChI=1S/C16H15F3N2O3/c17-16(18,19)24-13-6-3-5-12(10-13)20-15(23)21-14-7-2-1-4-11(14)8-9-22/h1-7,10,22H,8-9H2,(H2,20,21,23). The van der Waals surface area contributed by atoms with Gasteiger partial charge in [0.25, 0.3) is 0 Å². The van der Waals surface area contributed by atoms with Crippen molar-refractivity contribution < 1.29 is 27.8 Å². The van der Waals surface area contributed by atoms with Crippen LogP contribution in [0.5, 0.6) is 5.75 Å². The number of amides is 2. The Labute approximate surface area is 136 Å². The van der Waals surface area contributed by atoms with Gasteiger partial charge in [-0.3, -0.25) is 0 Å². The first-order chi connectivity index (χ1) is 11.4. The van der Waals surface area contributed by atoms with Crippen LogP contribution in [0.3, 0.4) is 0 Å². The highest BCUT2D eigenvalue weighted by Gasteiger charge is 2.31. The fourth-order valence-electron chi connectivity index (χ4n) is 2.04. The Hall–Kier alpha value is -2.74. The van der Waals surface area contributed by atoms with Crippen LogP contribution in [0.2, 0.25) is 0 Å². The largest absolute Gasteiger partial charge is 0.573 e. The molecule has 0 saturated carbocycles. The molecule has 0 bridgehead atoms. The van der Waals surface area contributed by atoms with Gasteiger partial charge in [0, 0.05) is 24.0 Å². The quantitative estimate of drug-likeness (QED) is 0.776. The lowest BCUT2D eigenvalue weighted by molar-refractivity contribution is -0.274. The molecule has 0 aromatic heterocycles. The maximum Gasteiger partial charge on any atom is 0.573 e. The Morgan fingerprint density at radius 1 is 1.08 bits per heavy atom. The predicted molar refractivity (Wildman–Crippen MR) is 83.0 cm³/mol. The van der Waals surface area contributed by atoms with E-state index in [2.05, 4.69) is 15.4 Å². The van der Waals surface area contributed by atoms with E-state index in [0.29, 0.717) is 12.1 Å². The number of nitrogens with one attached hydrogen (secondary N) is 2. The molecule has 2 amide bonds. The molecule has 2 aromatic carbocycles. The fourth-order valence-corrected chi connectivity index (χ4v) is 2.04. The number of halogens is 3. The van der Waals surface area contributed by atoms with Crippen molar-refractivity contribution in [1.29, 1.82) is 0 Å². The van der Waals surface area contributed by atoms with Crippen LogP contribution in [0.1, 0.15) is 5.56 Å². The van der Waals surface area contributed by atoms with Gasteiger partial charge in [0.05, 0.1) is 0 Å². The minimum atomic E-state index is -4.80. The number of carbonyl (C=O) groups is 1. The maximum atomic E-state index is 12.2. The third-order valence-electron chi connectivity index (χ3n) is 2.97. The average molecular weight is 340 g/mol. The molecule has 24 heavy (non-hydrogen) atoms. The second kappa shape index (κ2) is 7.69. The summed E-state index contributed by atoms with van der Waals surface area (Å²) in [4.78, 5) is 12.0. The SMILES string of the molecule is O=C(Nc1cccc(OC(F)(F)F)c1)Nc1ccccc1CCO. The average Bonchev–Trinajstić information content (AvgIpc) is 2.48. The van der Waals surface area contributed by atoms with Crippen molar-refractivity contribution in [3.63, 3.8) is 0 Å². The van der Waals surface area contributed by atoms with Gasteiger partial charge in [-0.05, 0) is 30.2 Å². The molecule has 0 spiro atoms. The van der Waals surface area contributed by atoms with E-state index in [-0.39, 0.29) is 12.3 Å². The molecule has 0 unspecified atom stereocenters. The lowest BCUT2D eigenvalue weighted by Gasteiger charge is -2.13. The number of urea groups is 1. The van der Waals surface area contributed by atoms with Crippen molar-refractivity contribution in [2.24, 2.45) is 0 Å². The molecule has 0 radical (unpaired) electrons. The van der Waals surface area contributed by atoms with E-state index in [1.54, 1.807) is 24.3 Å². The topological polar surface area (TPSA) is 70.6 Å². The molecule has 0 aliphatic rings. The molecule has 2 rings (SSSR count). The van der Waals surface area contributed by atoms with Crippen molar-refractivity contribution in [3.8, 4) is 5.75 Å². The van der Waals surface area contributed by atoms with Gasteiger partial charge in [0.1, 0.15) is 5.75 Å². The number of aliphatic hydroxyl groups excluding tert-OH is 1. The lowest BCUT2D eigenvalue weighted by Crippen LogP contribution is -2.21. The number of hydrogen-bond donors (Lipinski definition) is 3. The van der Waals surface area contributed by atoms with Crippen molar-refractivity contribution in [1.82, 2.24) is 0 Å². The number of ether oxygens (including phenoxy) is 1. The van der Waals surface area contributed by atoms with Crippen molar-refractivity contribution in [2.45, 2.75) is 12.8 Å². The Bertz CT molecular complexity index is 705. The van der Waals surface area contributed by atoms with E-state index in [1.165, 1.54) is 12.1 Å².